The maximum absolute atomic E-state index is 14.0. The highest BCUT2D eigenvalue weighted by molar-refractivity contribution is 5.83. The van der Waals surface area contributed by atoms with Crippen LogP contribution in [0.2, 0.25) is 0 Å². The number of piperidine rings is 1. The molecule has 3 aliphatic rings. The van der Waals surface area contributed by atoms with Gasteiger partial charge in [-0.3, -0.25) is 19.0 Å². The molecule has 0 bridgehead atoms. The fraction of sp³-hybridized carbons (Fsp3) is 0.483. The minimum Gasteiger partial charge on any atom is -0.351 e. The predicted molar refractivity (Wildman–Crippen MR) is 146 cm³/mol. The van der Waals surface area contributed by atoms with E-state index < -0.39 is 0 Å². The van der Waals surface area contributed by atoms with E-state index in [0.29, 0.717) is 42.6 Å². The van der Waals surface area contributed by atoms with Crippen LogP contribution in [-0.4, -0.2) is 68.4 Å². The summed E-state index contributed by atoms with van der Waals surface area (Å²) in [5.74, 6) is 1.06. The molecule has 198 valence electrons. The molecule has 2 saturated heterocycles. The van der Waals surface area contributed by atoms with Gasteiger partial charge in [0.2, 0.25) is 17.8 Å². The number of nitrogens with zero attached hydrogens (tertiary/aromatic N) is 5. The molecule has 3 fully saturated rings. The van der Waals surface area contributed by atoms with Crippen LogP contribution >= 0.6 is 0 Å². The Morgan fingerprint density at radius 1 is 0.974 bits per heavy atom. The van der Waals surface area contributed by atoms with Crippen LogP contribution < -0.4 is 10.9 Å². The predicted octanol–water partition coefficient (Wildman–Crippen LogP) is 3.37. The zero-order chi connectivity index (χ0) is 26.4. The average molecular weight is 515 g/mol. The summed E-state index contributed by atoms with van der Waals surface area (Å²) in [7, 11) is 0. The molecule has 1 atom stereocenters. The van der Waals surface area contributed by atoms with Gasteiger partial charge < -0.3 is 15.1 Å². The molecular formula is C29H34N6O3. The molecule has 2 amide bonds. The third kappa shape index (κ3) is 4.66. The summed E-state index contributed by atoms with van der Waals surface area (Å²) in [5.41, 5.74) is 3.02. The Labute approximate surface area is 221 Å². The molecule has 1 aromatic carbocycles. The van der Waals surface area contributed by atoms with Crippen LogP contribution in [0.1, 0.15) is 50.6 Å². The Balaban J connectivity index is 1.33. The Hall–Kier alpha value is -3.75. The van der Waals surface area contributed by atoms with E-state index in [0.717, 1.165) is 55.3 Å². The highest BCUT2D eigenvalue weighted by Gasteiger charge is 2.35. The van der Waals surface area contributed by atoms with Gasteiger partial charge in [0.15, 0.2) is 0 Å². The van der Waals surface area contributed by atoms with Crippen molar-refractivity contribution in [3.8, 4) is 11.1 Å². The van der Waals surface area contributed by atoms with Crippen molar-refractivity contribution in [3.05, 3.63) is 52.4 Å². The second-order valence-electron chi connectivity index (χ2n) is 10.9. The standard InChI is InChI=1S/C29H34N6O3/c1-18-5-3-4-6-24(18)25-15-21-16-30-29(31-22-9-12-33(13-10-22)27(37)20-7-8-20)32-26(21)35(28(25)38)23-11-14-34(17-23)19(2)36/h3-6,15-16,20,22-23H,7-14,17H2,1-2H3,(H,30,31,32)/t23-/m0/s1. The zero-order valence-corrected chi connectivity index (χ0v) is 22.0. The van der Waals surface area contributed by atoms with Gasteiger partial charge in [-0.05, 0) is 56.2 Å². The minimum absolute atomic E-state index is 0.0170. The first-order valence-corrected chi connectivity index (χ1v) is 13.7. The number of anilines is 1. The quantitative estimate of drug-likeness (QED) is 0.560. The molecular weight excluding hydrogens is 480 g/mol. The van der Waals surface area contributed by atoms with E-state index >= 15 is 0 Å². The SMILES string of the molecule is CC(=O)N1CC[C@H](n2c(=O)c(-c3ccccc3C)cc3cnc(NC4CCN(C(=O)C5CC5)CC4)nc32)C1. The normalized spacial score (nSPS) is 20.2. The fourth-order valence-corrected chi connectivity index (χ4v) is 5.85. The third-order valence-electron chi connectivity index (χ3n) is 8.25. The first-order chi connectivity index (χ1) is 18.4. The molecule has 6 rings (SSSR count). The van der Waals surface area contributed by atoms with Gasteiger partial charge in [0.05, 0.1) is 6.04 Å². The summed E-state index contributed by atoms with van der Waals surface area (Å²) in [4.78, 5) is 51.7. The molecule has 3 aromatic rings. The lowest BCUT2D eigenvalue weighted by molar-refractivity contribution is -0.133. The van der Waals surface area contributed by atoms with Gasteiger partial charge in [0.25, 0.3) is 5.56 Å². The lowest BCUT2D eigenvalue weighted by Gasteiger charge is -2.32. The van der Waals surface area contributed by atoms with Crippen molar-refractivity contribution < 1.29 is 9.59 Å². The van der Waals surface area contributed by atoms with Crippen LogP contribution in [0.5, 0.6) is 0 Å². The van der Waals surface area contributed by atoms with Gasteiger partial charge in [-0.1, -0.05) is 24.3 Å². The van der Waals surface area contributed by atoms with E-state index in [1.54, 1.807) is 22.6 Å². The van der Waals surface area contributed by atoms with Crippen LogP contribution in [0.15, 0.2) is 41.3 Å². The Bertz CT molecular complexity index is 1450. The highest BCUT2D eigenvalue weighted by Crippen LogP contribution is 2.32. The number of aryl methyl sites for hydroxylation is 1. The van der Waals surface area contributed by atoms with E-state index in [2.05, 4.69) is 10.3 Å². The highest BCUT2D eigenvalue weighted by atomic mass is 16.2. The lowest BCUT2D eigenvalue weighted by atomic mass is 10.0. The summed E-state index contributed by atoms with van der Waals surface area (Å²) >= 11 is 0. The first-order valence-electron chi connectivity index (χ1n) is 13.7. The number of carbonyl (C=O) groups excluding carboxylic acids is 2. The number of rotatable bonds is 5. The van der Waals surface area contributed by atoms with Gasteiger partial charge in [0.1, 0.15) is 5.65 Å². The Morgan fingerprint density at radius 2 is 1.71 bits per heavy atom. The number of fused-ring (bicyclic) bond motifs is 1. The van der Waals surface area contributed by atoms with E-state index in [1.807, 2.05) is 42.2 Å². The van der Waals surface area contributed by atoms with E-state index in [-0.39, 0.29) is 29.5 Å². The van der Waals surface area contributed by atoms with Crippen molar-refractivity contribution in [1.29, 1.82) is 0 Å². The molecule has 38 heavy (non-hydrogen) atoms. The minimum atomic E-state index is -0.155. The van der Waals surface area contributed by atoms with Crippen molar-refractivity contribution in [3.63, 3.8) is 0 Å². The topological polar surface area (TPSA) is 100 Å². The van der Waals surface area contributed by atoms with E-state index in [4.69, 9.17) is 4.98 Å². The smallest absolute Gasteiger partial charge is 0.260 e. The van der Waals surface area contributed by atoms with E-state index in [9.17, 15) is 14.4 Å². The number of pyridine rings is 1. The fourth-order valence-electron chi connectivity index (χ4n) is 5.85. The van der Waals surface area contributed by atoms with Crippen LogP contribution in [0, 0.1) is 12.8 Å². The van der Waals surface area contributed by atoms with Crippen LogP contribution in [-0.2, 0) is 9.59 Å². The van der Waals surface area contributed by atoms with Crippen LogP contribution in [0.3, 0.4) is 0 Å². The van der Waals surface area contributed by atoms with Crippen LogP contribution in [0.4, 0.5) is 5.95 Å². The molecule has 2 aliphatic heterocycles. The molecule has 4 heterocycles. The first kappa shape index (κ1) is 24.6. The largest absolute Gasteiger partial charge is 0.351 e. The monoisotopic (exact) mass is 514 g/mol. The maximum Gasteiger partial charge on any atom is 0.260 e. The van der Waals surface area contributed by atoms with E-state index in [1.165, 1.54) is 0 Å². The molecule has 0 unspecified atom stereocenters. The van der Waals surface area contributed by atoms with Gasteiger partial charge in [0, 0.05) is 62.2 Å². The number of likely N-dealkylation sites (tertiary alicyclic amines) is 2. The second-order valence-corrected chi connectivity index (χ2v) is 10.9. The number of amides is 2. The molecule has 9 heteroatoms. The Kier molecular flexibility index (Phi) is 6.37. The number of hydrogen-bond donors (Lipinski definition) is 1. The summed E-state index contributed by atoms with van der Waals surface area (Å²) in [6.07, 6.45) is 6.22. The number of hydrogen-bond acceptors (Lipinski definition) is 6. The summed E-state index contributed by atoms with van der Waals surface area (Å²) < 4.78 is 1.78. The summed E-state index contributed by atoms with van der Waals surface area (Å²) in [6, 6.07) is 9.78. The summed E-state index contributed by atoms with van der Waals surface area (Å²) in [5, 5.41) is 4.25. The maximum atomic E-state index is 14.0. The molecule has 0 radical (unpaired) electrons. The molecule has 0 spiro atoms. The van der Waals surface area contributed by atoms with Crippen LogP contribution in [0.25, 0.3) is 22.2 Å². The zero-order valence-electron chi connectivity index (χ0n) is 22.0. The van der Waals surface area contributed by atoms with Gasteiger partial charge >= 0.3 is 0 Å². The van der Waals surface area contributed by atoms with Crippen molar-refractivity contribution in [1.82, 2.24) is 24.3 Å². The van der Waals surface area contributed by atoms with Gasteiger partial charge in [-0.25, -0.2) is 4.98 Å². The third-order valence-corrected chi connectivity index (χ3v) is 8.25. The molecule has 1 aliphatic carbocycles. The molecule has 9 nitrogen and oxygen atoms in total. The lowest BCUT2D eigenvalue weighted by Crippen LogP contribution is -2.43. The number of carbonyl (C=O) groups is 2. The average Bonchev–Trinajstić information content (AvgIpc) is 3.65. The van der Waals surface area contributed by atoms with Gasteiger partial charge in [-0.2, -0.15) is 4.98 Å². The van der Waals surface area contributed by atoms with Gasteiger partial charge in [-0.15, -0.1) is 0 Å². The van der Waals surface area contributed by atoms with Crippen molar-refractivity contribution in [2.24, 2.45) is 5.92 Å². The molecule has 2 aromatic heterocycles. The second kappa shape index (κ2) is 9.85. The molecule has 1 N–H and O–H groups in total. The summed E-state index contributed by atoms with van der Waals surface area (Å²) in [6.45, 7) is 6.17. The Morgan fingerprint density at radius 3 is 2.39 bits per heavy atom. The number of aromatic nitrogens is 3. The van der Waals surface area contributed by atoms with Crippen molar-refractivity contribution >= 4 is 28.8 Å². The molecule has 1 saturated carbocycles. The van der Waals surface area contributed by atoms with Crippen molar-refractivity contribution in [2.75, 3.05) is 31.5 Å². The number of benzene rings is 1. The number of nitrogens with one attached hydrogen (secondary N) is 1. The van der Waals surface area contributed by atoms with Crippen molar-refractivity contribution in [2.45, 2.75) is 58.0 Å².